The number of para-hydroxylation sites is 1. The van der Waals surface area contributed by atoms with Gasteiger partial charge in [-0.15, -0.1) is 0 Å². The van der Waals surface area contributed by atoms with Crippen LogP contribution in [0.4, 0.5) is 4.39 Å². The van der Waals surface area contributed by atoms with Crippen LogP contribution in [0, 0.1) is 5.82 Å². The predicted molar refractivity (Wildman–Crippen MR) is 92.1 cm³/mol. The van der Waals surface area contributed by atoms with E-state index in [1.54, 1.807) is 24.3 Å². The van der Waals surface area contributed by atoms with E-state index in [2.05, 4.69) is 5.32 Å². The molecule has 0 aromatic heterocycles. The molecule has 2 aromatic rings. The molecule has 0 heterocycles. The maximum atomic E-state index is 14.0. The zero-order valence-electron chi connectivity index (χ0n) is 13.6. The second-order valence-corrected chi connectivity index (χ2v) is 6.85. The Labute approximate surface area is 145 Å². The van der Waals surface area contributed by atoms with Gasteiger partial charge >= 0.3 is 0 Å². The predicted octanol–water partition coefficient (Wildman–Crippen LogP) is 4.73. The molecule has 0 saturated heterocycles. The molecule has 1 amide bonds. The maximum absolute atomic E-state index is 14.0. The third kappa shape index (κ3) is 2.98. The number of nitrogens with one attached hydrogen (secondary N) is 1. The fourth-order valence-corrected chi connectivity index (χ4v) is 3.45. The molecule has 5 heteroatoms. The monoisotopic (exact) mass is 347 g/mol. The zero-order valence-corrected chi connectivity index (χ0v) is 14.3. The summed E-state index contributed by atoms with van der Waals surface area (Å²) in [5.74, 6) is -0.592. The molecule has 3 rings (SSSR count). The van der Waals surface area contributed by atoms with Gasteiger partial charge in [0.15, 0.2) is 0 Å². The highest BCUT2D eigenvalue weighted by Gasteiger charge is 2.28. The average Bonchev–Trinajstić information content (AvgIpc) is 2.90. The fraction of sp³-hybridized carbons (Fsp3) is 0.316. The number of amides is 1. The van der Waals surface area contributed by atoms with Gasteiger partial charge in [-0.2, -0.15) is 0 Å². The minimum atomic E-state index is -0.367. The van der Waals surface area contributed by atoms with Gasteiger partial charge in [-0.05, 0) is 53.6 Å². The summed E-state index contributed by atoms with van der Waals surface area (Å²) >= 11 is 5.94. The summed E-state index contributed by atoms with van der Waals surface area (Å²) in [5.41, 5.74) is 2.28. The molecule has 0 bridgehead atoms. The molecular weight excluding hydrogens is 329 g/mol. The van der Waals surface area contributed by atoms with Crippen LogP contribution >= 0.6 is 11.6 Å². The molecule has 1 aliphatic rings. The van der Waals surface area contributed by atoms with Gasteiger partial charge in [-0.25, -0.2) is 4.39 Å². The number of hydrogen-bond donors (Lipinski definition) is 2. The Bertz CT molecular complexity index is 804. The highest BCUT2D eigenvalue weighted by Crippen LogP contribution is 2.36. The van der Waals surface area contributed by atoms with Gasteiger partial charge in [0.1, 0.15) is 11.6 Å². The summed E-state index contributed by atoms with van der Waals surface area (Å²) in [5, 5.41) is 13.6. The van der Waals surface area contributed by atoms with E-state index in [0.717, 1.165) is 5.56 Å². The Morgan fingerprint density at radius 1 is 1.38 bits per heavy atom. The zero-order chi connectivity index (χ0) is 17.4. The van der Waals surface area contributed by atoms with E-state index in [1.807, 2.05) is 13.8 Å². The molecule has 3 nitrogen and oxygen atoms in total. The van der Waals surface area contributed by atoms with Crippen molar-refractivity contribution in [1.29, 1.82) is 0 Å². The van der Waals surface area contributed by atoms with E-state index in [-0.39, 0.29) is 35.0 Å². The van der Waals surface area contributed by atoms with Crippen molar-refractivity contribution in [2.24, 2.45) is 0 Å². The number of carbonyl (C=O) groups is 1. The van der Waals surface area contributed by atoms with Crippen LogP contribution in [0.5, 0.6) is 5.75 Å². The van der Waals surface area contributed by atoms with Gasteiger partial charge in [-0.1, -0.05) is 37.6 Å². The lowest BCUT2D eigenvalue weighted by Gasteiger charge is -2.17. The summed E-state index contributed by atoms with van der Waals surface area (Å²) in [6.45, 7) is 3.91. The average molecular weight is 348 g/mol. The molecule has 1 atom stereocenters. The summed E-state index contributed by atoms with van der Waals surface area (Å²) in [4.78, 5) is 12.6. The molecule has 2 N–H and O–H groups in total. The van der Waals surface area contributed by atoms with Gasteiger partial charge < -0.3 is 10.4 Å². The number of carbonyl (C=O) groups excluding carboxylic acids is 1. The minimum Gasteiger partial charge on any atom is -0.507 e. The number of phenols is 1. The quantitative estimate of drug-likeness (QED) is 0.843. The maximum Gasteiger partial charge on any atom is 0.255 e. The second kappa shape index (κ2) is 6.44. The van der Waals surface area contributed by atoms with E-state index < -0.39 is 0 Å². The second-order valence-electron chi connectivity index (χ2n) is 6.42. The Hall–Kier alpha value is -2.07. The minimum absolute atomic E-state index is 0.000458. The number of phenolic OH excluding ortho intramolecular Hbond substituents is 1. The molecule has 0 saturated carbocycles. The highest BCUT2D eigenvalue weighted by molar-refractivity contribution is 6.30. The normalized spacial score (nSPS) is 16.3. The van der Waals surface area contributed by atoms with Crippen molar-refractivity contribution in [3.8, 4) is 5.75 Å². The summed E-state index contributed by atoms with van der Waals surface area (Å²) < 4.78 is 14.0. The standard InChI is InChI=1S/C19H19ClFNO2/c1-10(2)12-4-3-5-14(18(12)23)19(24)22-17-7-6-13-15(17)8-11(20)9-16(13)21/h3-5,8-10,17,23H,6-7H2,1-2H3,(H,22,24)/t17-/m1/s1. The largest absolute Gasteiger partial charge is 0.507 e. The Kier molecular flexibility index (Phi) is 4.50. The van der Waals surface area contributed by atoms with Crippen LogP contribution in [-0.4, -0.2) is 11.0 Å². The summed E-state index contributed by atoms with van der Waals surface area (Å²) in [7, 11) is 0. The van der Waals surface area contributed by atoms with Crippen molar-refractivity contribution in [1.82, 2.24) is 5.32 Å². The molecule has 0 fully saturated rings. The fourth-order valence-electron chi connectivity index (χ4n) is 3.24. The van der Waals surface area contributed by atoms with E-state index in [0.29, 0.717) is 29.0 Å². The highest BCUT2D eigenvalue weighted by atomic mass is 35.5. The molecule has 1 aliphatic carbocycles. The van der Waals surface area contributed by atoms with Gasteiger partial charge in [0.05, 0.1) is 11.6 Å². The molecular formula is C19H19ClFNO2. The van der Waals surface area contributed by atoms with Gasteiger partial charge in [0.2, 0.25) is 0 Å². The number of benzene rings is 2. The van der Waals surface area contributed by atoms with Crippen LogP contribution in [-0.2, 0) is 6.42 Å². The third-order valence-corrected chi connectivity index (χ3v) is 4.71. The van der Waals surface area contributed by atoms with Crippen molar-refractivity contribution in [2.45, 2.75) is 38.6 Å². The lowest BCUT2D eigenvalue weighted by atomic mass is 9.98. The van der Waals surface area contributed by atoms with Crippen LogP contribution in [0.15, 0.2) is 30.3 Å². The molecule has 0 aliphatic heterocycles. The van der Waals surface area contributed by atoms with E-state index in [4.69, 9.17) is 11.6 Å². The molecule has 0 radical (unpaired) electrons. The third-order valence-electron chi connectivity index (χ3n) is 4.49. The van der Waals surface area contributed by atoms with Crippen LogP contribution in [0.3, 0.4) is 0 Å². The first-order chi connectivity index (χ1) is 11.4. The summed E-state index contributed by atoms with van der Waals surface area (Å²) in [6.07, 6.45) is 1.17. The van der Waals surface area contributed by atoms with Gasteiger partial charge in [0, 0.05) is 5.02 Å². The number of rotatable bonds is 3. The van der Waals surface area contributed by atoms with E-state index in [1.165, 1.54) is 6.07 Å². The van der Waals surface area contributed by atoms with Crippen LogP contribution < -0.4 is 5.32 Å². The number of fused-ring (bicyclic) bond motifs is 1. The van der Waals surface area contributed by atoms with Gasteiger partial charge in [-0.3, -0.25) is 4.79 Å². The van der Waals surface area contributed by atoms with E-state index >= 15 is 0 Å². The van der Waals surface area contributed by atoms with E-state index in [9.17, 15) is 14.3 Å². The Morgan fingerprint density at radius 3 is 2.83 bits per heavy atom. The van der Waals surface area contributed by atoms with Crippen molar-refractivity contribution in [3.63, 3.8) is 0 Å². The van der Waals surface area contributed by atoms with Crippen molar-refractivity contribution < 1.29 is 14.3 Å². The van der Waals surface area contributed by atoms with Crippen LogP contribution in [0.1, 0.15) is 59.3 Å². The van der Waals surface area contributed by atoms with Crippen LogP contribution in [0.2, 0.25) is 5.02 Å². The molecule has 24 heavy (non-hydrogen) atoms. The Balaban J connectivity index is 1.87. The van der Waals surface area contributed by atoms with Crippen molar-refractivity contribution in [2.75, 3.05) is 0 Å². The van der Waals surface area contributed by atoms with Crippen molar-refractivity contribution >= 4 is 17.5 Å². The first-order valence-corrected chi connectivity index (χ1v) is 8.36. The number of hydrogen-bond acceptors (Lipinski definition) is 2. The number of aromatic hydroxyl groups is 1. The van der Waals surface area contributed by atoms with Crippen molar-refractivity contribution in [3.05, 3.63) is 63.4 Å². The first kappa shape index (κ1) is 16.8. The topological polar surface area (TPSA) is 49.3 Å². The SMILES string of the molecule is CC(C)c1cccc(C(=O)N[C@@H]2CCc3c(F)cc(Cl)cc32)c1O. The van der Waals surface area contributed by atoms with Crippen LogP contribution in [0.25, 0.3) is 0 Å². The smallest absolute Gasteiger partial charge is 0.255 e. The summed E-state index contributed by atoms with van der Waals surface area (Å²) in [6, 6.07) is 7.83. The number of halogens is 2. The lowest BCUT2D eigenvalue weighted by Crippen LogP contribution is -2.27. The molecule has 126 valence electrons. The molecule has 2 aromatic carbocycles. The Morgan fingerprint density at radius 2 is 2.12 bits per heavy atom. The first-order valence-electron chi connectivity index (χ1n) is 7.99. The van der Waals surface area contributed by atoms with Gasteiger partial charge in [0.25, 0.3) is 5.91 Å². The lowest BCUT2D eigenvalue weighted by molar-refractivity contribution is 0.0934. The molecule has 0 spiro atoms. The molecule has 0 unspecified atom stereocenters.